The van der Waals surface area contributed by atoms with Crippen molar-refractivity contribution in [2.75, 3.05) is 12.4 Å². The predicted octanol–water partition coefficient (Wildman–Crippen LogP) is 5.01. The number of hydrogen-bond donors (Lipinski definition) is 1. The molecule has 29 heavy (non-hydrogen) atoms. The SMILES string of the molecule is COc1ccc(C(Nc2cnc3oc(-c4cccnc4)nc3c2)C(F)(F)F)cc1. The first-order valence-electron chi connectivity index (χ1n) is 8.58. The average molecular weight is 400 g/mol. The third kappa shape index (κ3) is 3.98. The highest BCUT2D eigenvalue weighted by molar-refractivity contribution is 5.76. The number of pyridine rings is 2. The zero-order chi connectivity index (χ0) is 20.4. The van der Waals surface area contributed by atoms with Gasteiger partial charge in [-0.15, -0.1) is 0 Å². The molecule has 6 nitrogen and oxygen atoms in total. The Labute approximate surface area is 163 Å². The van der Waals surface area contributed by atoms with E-state index in [1.807, 2.05) is 0 Å². The summed E-state index contributed by atoms with van der Waals surface area (Å²) in [6.07, 6.45) is -0.0485. The van der Waals surface area contributed by atoms with Gasteiger partial charge in [0.2, 0.25) is 11.6 Å². The molecule has 1 unspecified atom stereocenters. The van der Waals surface area contributed by atoms with E-state index in [0.717, 1.165) is 0 Å². The van der Waals surface area contributed by atoms with Crippen LogP contribution in [0.25, 0.3) is 22.7 Å². The largest absolute Gasteiger partial charge is 0.497 e. The third-order valence-corrected chi connectivity index (χ3v) is 4.24. The number of hydrogen-bond acceptors (Lipinski definition) is 6. The molecule has 0 aliphatic heterocycles. The Morgan fingerprint density at radius 2 is 1.90 bits per heavy atom. The number of methoxy groups -OCH3 is 1. The molecule has 3 aromatic heterocycles. The standard InChI is InChI=1S/C20H15F3N4O2/c1-28-15-6-4-12(5-7-15)17(20(21,22)23)26-14-9-16-19(25-11-14)29-18(27-16)13-3-2-8-24-10-13/h2-11,17,26H,1H3. The van der Waals surface area contributed by atoms with Crippen LogP contribution < -0.4 is 10.1 Å². The van der Waals surface area contributed by atoms with E-state index in [1.54, 1.807) is 24.5 Å². The van der Waals surface area contributed by atoms with Gasteiger partial charge in [-0.25, -0.2) is 9.97 Å². The lowest BCUT2D eigenvalue weighted by Crippen LogP contribution is -2.27. The number of fused-ring (bicyclic) bond motifs is 1. The zero-order valence-electron chi connectivity index (χ0n) is 15.1. The fourth-order valence-corrected chi connectivity index (χ4v) is 2.83. The summed E-state index contributed by atoms with van der Waals surface area (Å²) in [6.45, 7) is 0. The summed E-state index contributed by atoms with van der Waals surface area (Å²) < 4.78 is 51.5. The van der Waals surface area contributed by atoms with Gasteiger partial charge in [-0.05, 0) is 35.9 Å². The van der Waals surface area contributed by atoms with Gasteiger partial charge in [0.25, 0.3) is 0 Å². The maximum absolute atomic E-state index is 13.7. The van der Waals surface area contributed by atoms with Gasteiger partial charge in [-0.3, -0.25) is 4.98 Å². The number of anilines is 1. The quantitative estimate of drug-likeness (QED) is 0.508. The van der Waals surface area contributed by atoms with Crippen LogP contribution in [-0.4, -0.2) is 28.2 Å². The molecule has 0 saturated carbocycles. The van der Waals surface area contributed by atoms with Crippen molar-refractivity contribution in [3.05, 3.63) is 66.6 Å². The molecule has 0 radical (unpaired) electrons. The number of nitrogens with zero attached hydrogens (tertiary/aromatic N) is 3. The van der Waals surface area contributed by atoms with Gasteiger partial charge in [-0.2, -0.15) is 13.2 Å². The molecule has 3 heterocycles. The molecule has 148 valence electrons. The van der Waals surface area contributed by atoms with E-state index in [-0.39, 0.29) is 17.0 Å². The molecule has 0 aliphatic carbocycles. The van der Waals surface area contributed by atoms with E-state index in [9.17, 15) is 13.2 Å². The minimum atomic E-state index is -4.52. The molecule has 1 aromatic carbocycles. The molecular weight excluding hydrogens is 385 g/mol. The summed E-state index contributed by atoms with van der Waals surface area (Å²) in [4.78, 5) is 12.4. The number of alkyl halides is 3. The van der Waals surface area contributed by atoms with E-state index in [0.29, 0.717) is 22.7 Å². The normalized spacial score (nSPS) is 12.7. The monoisotopic (exact) mass is 400 g/mol. The van der Waals surface area contributed by atoms with Gasteiger partial charge < -0.3 is 14.5 Å². The van der Waals surface area contributed by atoms with Crippen LogP contribution in [0.3, 0.4) is 0 Å². The molecule has 0 fully saturated rings. The average Bonchev–Trinajstić information content (AvgIpc) is 3.15. The topological polar surface area (TPSA) is 73.1 Å². The Hall–Kier alpha value is -3.62. The summed E-state index contributed by atoms with van der Waals surface area (Å²) >= 11 is 0. The minimum Gasteiger partial charge on any atom is -0.497 e. The predicted molar refractivity (Wildman–Crippen MR) is 100 cm³/mol. The van der Waals surface area contributed by atoms with Crippen LogP contribution in [0.2, 0.25) is 0 Å². The molecule has 0 spiro atoms. The molecule has 4 rings (SSSR count). The number of aromatic nitrogens is 3. The molecule has 0 bridgehead atoms. The zero-order valence-corrected chi connectivity index (χ0v) is 15.1. The molecule has 9 heteroatoms. The number of ether oxygens (including phenoxy) is 1. The van der Waals surface area contributed by atoms with Crippen LogP contribution in [-0.2, 0) is 0 Å². The molecule has 1 N–H and O–H groups in total. The van der Waals surface area contributed by atoms with Crippen LogP contribution in [0.4, 0.5) is 18.9 Å². The lowest BCUT2D eigenvalue weighted by atomic mass is 10.1. The van der Waals surface area contributed by atoms with Gasteiger partial charge >= 0.3 is 6.18 Å². The van der Waals surface area contributed by atoms with Crippen molar-refractivity contribution in [3.8, 4) is 17.2 Å². The Bertz CT molecular complexity index is 1110. The van der Waals surface area contributed by atoms with Crippen molar-refractivity contribution in [2.45, 2.75) is 12.2 Å². The van der Waals surface area contributed by atoms with Gasteiger partial charge in [0, 0.05) is 12.4 Å². The van der Waals surface area contributed by atoms with E-state index in [1.165, 1.54) is 43.6 Å². The van der Waals surface area contributed by atoms with Crippen molar-refractivity contribution < 1.29 is 22.3 Å². The summed E-state index contributed by atoms with van der Waals surface area (Å²) in [5.41, 5.74) is 1.43. The Kier molecular flexibility index (Phi) is 4.79. The number of nitrogens with one attached hydrogen (secondary N) is 1. The molecule has 0 aliphatic rings. The fraction of sp³-hybridized carbons (Fsp3) is 0.150. The van der Waals surface area contributed by atoms with E-state index in [4.69, 9.17) is 9.15 Å². The lowest BCUT2D eigenvalue weighted by Gasteiger charge is -2.23. The first kappa shape index (κ1) is 18.7. The van der Waals surface area contributed by atoms with E-state index >= 15 is 0 Å². The fourth-order valence-electron chi connectivity index (χ4n) is 2.83. The highest BCUT2D eigenvalue weighted by Gasteiger charge is 2.41. The first-order chi connectivity index (χ1) is 13.9. The summed E-state index contributed by atoms with van der Waals surface area (Å²) in [5.74, 6) is 0.767. The minimum absolute atomic E-state index is 0.0506. The van der Waals surface area contributed by atoms with Crippen molar-refractivity contribution in [2.24, 2.45) is 0 Å². The molecule has 0 saturated heterocycles. The lowest BCUT2D eigenvalue weighted by molar-refractivity contribution is -0.144. The second kappa shape index (κ2) is 7.42. The number of benzene rings is 1. The van der Waals surface area contributed by atoms with Crippen LogP contribution >= 0.6 is 0 Å². The van der Waals surface area contributed by atoms with Gasteiger partial charge in [0.15, 0.2) is 0 Å². The number of rotatable bonds is 5. The summed E-state index contributed by atoms with van der Waals surface area (Å²) in [5, 5.41) is 2.49. The molecular formula is C20H15F3N4O2. The van der Waals surface area contributed by atoms with Crippen molar-refractivity contribution in [1.29, 1.82) is 0 Å². The van der Waals surface area contributed by atoms with Crippen LogP contribution in [0, 0.1) is 0 Å². The van der Waals surface area contributed by atoms with Crippen molar-refractivity contribution in [3.63, 3.8) is 0 Å². The first-order valence-corrected chi connectivity index (χ1v) is 8.58. The highest BCUT2D eigenvalue weighted by Crippen LogP contribution is 2.36. The van der Waals surface area contributed by atoms with Crippen molar-refractivity contribution in [1.82, 2.24) is 15.0 Å². The van der Waals surface area contributed by atoms with E-state index in [2.05, 4.69) is 20.3 Å². The van der Waals surface area contributed by atoms with E-state index < -0.39 is 12.2 Å². The van der Waals surface area contributed by atoms with Crippen LogP contribution in [0.15, 0.2) is 65.5 Å². The maximum atomic E-state index is 13.7. The van der Waals surface area contributed by atoms with Crippen LogP contribution in [0.1, 0.15) is 11.6 Å². The van der Waals surface area contributed by atoms with Gasteiger partial charge in [0.05, 0.1) is 24.6 Å². The molecule has 4 aromatic rings. The van der Waals surface area contributed by atoms with Crippen LogP contribution in [0.5, 0.6) is 5.75 Å². The smallest absolute Gasteiger partial charge is 0.412 e. The molecule has 0 amide bonds. The second-order valence-corrected chi connectivity index (χ2v) is 6.20. The molecule has 1 atom stereocenters. The number of oxazole rings is 1. The summed E-state index contributed by atoms with van der Waals surface area (Å²) in [6, 6.07) is 8.74. The van der Waals surface area contributed by atoms with Gasteiger partial charge in [-0.1, -0.05) is 12.1 Å². The Balaban J connectivity index is 1.65. The number of halogens is 3. The van der Waals surface area contributed by atoms with Crippen molar-refractivity contribution >= 4 is 16.9 Å². The van der Waals surface area contributed by atoms with Gasteiger partial charge in [0.1, 0.15) is 17.3 Å². The summed E-state index contributed by atoms with van der Waals surface area (Å²) in [7, 11) is 1.45. The maximum Gasteiger partial charge on any atom is 0.412 e. The second-order valence-electron chi connectivity index (χ2n) is 6.20. The Morgan fingerprint density at radius 3 is 2.55 bits per heavy atom. The Morgan fingerprint density at radius 1 is 1.10 bits per heavy atom. The highest BCUT2D eigenvalue weighted by atomic mass is 19.4. The third-order valence-electron chi connectivity index (χ3n) is 4.24.